The van der Waals surface area contributed by atoms with E-state index in [-0.39, 0.29) is 5.91 Å². The van der Waals surface area contributed by atoms with E-state index in [1.165, 1.54) is 0 Å². The van der Waals surface area contributed by atoms with Gasteiger partial charge in [-0.15, -0.1) is 0 Å². The monoisotopic (exact) mass is 388 g/mol. The van der Waals surface area contributed by atoms with Gasteiger partial charge in [0.15, 0.2) is 0 Å². The maximum absolute atomic E-state index is 13.4. The first-order valence-electron chi connectivity index (χ1n) is 9.94. The topological polar surface area (TPSA) is 51.2 Å². The zero-order chi connectivity index (χ0) is 21.0. The molecular formula is C25H28N2O2. The van der Waals surface area contributed by atoms with Gasteiger partial charge in [0, 0.05) is 23.0 Å². The minimum Gasteiger partial charge on any atom is -0.492 e. The lowest BCUT2D eigenvalue weighted by Gasteiger charge is -2.18. The molecule has 0 unspecified atom stereocenters. The molecule has 150 valence electrons. The zero-order valence-electron chi connectivity index (χ0n) is 17.7. The van der Waals surface area contributed by atoms with Crippen molar-refractivity contribution in [3.05, 3.63) is 77.0 Å². The van der Waals surface area contributed by atoms with E-state index in [1.54, 1.807) is 0 Å². The third-order valence-corrected chi connectivity index (χ3v) is 4.81. The molecule has 1 aromatic heterocycles. The summed E-state index contributed by atoms with van der Waals surface area (Å²) in [5.41, 5.74) is 5.76. The number of anilines is 1. The standard InChI is InChI=1S/C25H28N2O2/c1-16(2)15-29-22-14-18(4)26-24(20-11-7-6-8-12-20)23(22)25(28)27-21-13-9-10-17(3)19(21)5/h6-14,16H,15H2,1-5H3,(H,27,28). The number of ether oxygens (including phenoxy) is 1. The first-order valence-corrected chi connectivity index (χ1v) is 9.94. The molecule has 2 aromatic carbocycles. The summed E-state index contributed by atoms with van der Waals surface area (Å²) in [6, 6.07) is 17.5. The van der Waals surface area contributed by atoms with E-state index in [2.05, 4.69) is 19.2 Å². The van der Waals surface area contributed by atoms with Crippen molar-refractivity contribution in [2.24, 2.45) is 5.92 Å². The largest absolute Gasteiger partial charge is 0.492 e. The maximum atomic E-state index is 13.4. The maximum Gasteiger partial charge on any atom is 0.261 e. The summed E-state index contributed by atoms with van der Waals surface area (Å²) in [5.74, 6) is 0.690. The Kier molecular flexibility index (Phi) is 6.32. The van der Waals surface area contributed by atoms with Gasteiger partial charge in [-0.1, -0.05) is 56.3 Å². The van der Waals surface area contributed by atoms with Gasteiger partial charge >= 0.3 is 0 Å². The van der Waals surface area contributed by atoms with Gasteiger partial charge in [-0.05, 0) is 43.9 Å². The summed E-state index contributed by atoms with van der Waals surface area (Å²) in [4.78, 5) is 18.1. The first kappa shape index (κ1) is 20.6. The zero-order valence-corrected chi connectivity index (χ0v) is 17.7. The second-order valence-electron chi connectivity index (χ2n) is 7.76. The number of hydrogen-bond acceptors (Lipinski definition) is 3. The van der Waals surface area contributed by atoms with Gasteiger partial charge in [0.05, 0.1) is 12.3 Å². The third-order valence-electron chi connectivity index (χ3n) is 4.81. The SMILES string of the molecule is Cc1cc(OCC(C)C)c(C(=O)Nc2cccc(C)c2C)c(-c2ccccc2)n1. The number of nitrogens with one attached hydrogen (secondary N) is 1. The number of benzene rings is 2. The van der Waals surface area contributed by atoms with Gasteiger partial charge in [0.1, 0.15) is 11.3 Å². The minimum atomic E-state index is -0.219. The summed E-state index contributed by atoms with van der Waals surface area (Å²) in [6.45, 7) is 10.7. The van der Waals surface area contributed by atoms with E-state index in [4.69, 9.17) is 9.72 Å². The van der Waals surface area contributed by atoms with E-state index in [0.717, 1.165) is 28.1 Å². The molecule has 1 N–H and O–H groups in total. The Morgan fingerprint density at radius 3 is 2.45 bits per heavy atom. The van der Waals surface area contributed by atoms with Crippen molar-refractivity contribution in [1.82, 2.24) is 4.98 Å². The van der Waals surface area contributed by atoms with Crippen molar-refractivity contribution in [1.29, 1.82) is 0 Å². The second-order valence-corrected chi connectivity index (χ2v) is 7.76. The Morgan fingerprint density at radius 1 is 1.03 bits per heavy atom. The quantitative estimate of drug-likeness (QED) is 0.567. The molecule has 3 rings (SSSR count). The highest BCUT2D eigenvalue weighted by molar-refractivity contribution is 6.10. The summed E-state index contributed by atoms with van der Waals surface area (Å²) in [6.07, 6.45) is 0. The Labute approximate surface area is 173 Å². The van der Waals surface area contributed by atoms with Gasteiger partial charge in [0.2, 0.25) is 0 Å². The fourth-order valence-corrected chi connectivity index (χ4v) is 3.11. The Morgan fingerprint density at radius 2 is 1.76 bits per heavy atom. The van der Waals surface area contributed by atoms with Crippen molar-refractivity contribution in [3.63, 3.8) is 0 Å². The van der Waals surface area contributed by atoms with Crippen molar-refractivity contribution < 1.29 is 9.53 Å². The van der Waals surface area contributed by atoms with E-state index in [0.29, 0.717) is 29.5 Å². The lowest BCUT2D eigenvalue weighted by Crippen LogP contribution is -2.18. The van der Waals surface area contributed by atoms with Crippen molar-refractivity contribution in [2.45, 2.75) is 34.6 Å². The molecular weight excluding hydrogens is 360 g/mol. The third kappa shape index (κ3) is 4.83. The highest BCUT2D eigenvalue weighted by atomic mass is 16.5. The molecule has 0 bridgehead atoms. The predicted octanol–water partition coefficient (Wildman–Crippen LogP) is 5.96. The fourth-order valence-electron chi connectivity index (χ4n) is 3.11. The summed E-state index contributed by atoms with van der Waals surface area (Å²) >= 11 is 0. The molecule has 1 heterocycles. The minimum absolute atomic E-state index is 0.219. The Balaban J connectivity index is 2.10. The number of hydrogen-bond donors (Lipinski definition) is 1. The van der Waals surface area contributed by atoms with Crippen molar-refractivity contribution in [3.8, 4) is 17.0 Å². The number of carbonyl (C=O) groups excluding carboxylic acids is 1. The molecule has 0 atom stereocenters. The summed E-state index contributed by atoms with van der Waals surface area (Å²) in [5, 5.41) is 3.07. The van der Waals surface area contributed by atoms with E-state index < -0.39 is 0 Å². The Bertz CT molecular complexity index is 1010. The molecule has 4 nitrogen and oxygen atoms in total. The van der Waals surface area contributed by atoms with Crippen LogP contribution in [0.2, 0.25) is 0 Å². The van der Waals surface area contributed by atoms with Crippen LogP contribution in [-0.4, -0.2) is 17.5 Å². The number of carbonyl (C=O) groups is 1. The molecule has 3 aromatic rings. The lowest BCUT2D eigenvalue weighted by molar-refractivity contribution is 0.102. The molecule has 0 fully saturated rings. The molecule has 0 spiro atoms. The molecule has 0 aliphatic carbocycles. The van der Waals surface area contributed by atoms with Crippen molar-refractivity contribution >= 4 is 11.6 Å². The number of aryl methyl sites for hydroxylation is 2. The molecule has 1 amide bonds. The van der Waals surface area contributed by atoms with E-state index in [1.807, 2.05) is 75.4 Å². The van der Waals surface area contributed by atoms with Crippen LogP contribution >= 0.6 is 0 Å². The summed E-state index contributed by atoms with van der Waals surface area (Å²) in [7, 11) is 0. The molecule has 0 radical (unpaired) electrons. The summed E-state index contributed by atoms with van der Waals surface area (Å²) < 4.78 is 6.05. The number of pyridine rings is 1. The van der Waals surface area contributed by atoms with E-state index in [9.17, 15) is 4.79 Å². The van der Waals surface area contributed by atoms with Crippen LogP contribution in [0.5, 0.6) is 5.75 Å². The Hall–Kier alpha value is -3.14. The van der Waals surface area contributed by atoms with Crippen LogP contribution in [0.25, 0.3) is 11.3 Å². The highest BCUT2D eigenvalue weighted by Crippen LogP contribution is 2.32. The van der Waals surface area contributed by atoms with Gasteiger partial charge in [-0.25, -0.2) is 0 Å². The normalized spacial score (nSPS) is 10.8. The molecule has 0 saturated heterocycles. The van der Waals surface area contributed by atoms with Gasteiger partial charge in [0.25, 0.3) is 5.91 Å². The van der Waals surface area contributed by atoms with Crippen LogP contribution in [0.15, 0.2) is 54.6 Å². The van der Waals surface area contributed by atoms with Crippen LogP contribution in [0.3, 0.4) is 0 Å². The van der Waals surface area contributed by atoms with Gasteiger partial charge in [-0.2, -0.15) is 0 Å². The molecule has 29 heavy (non-hydrogen) atoms. The first-order chi connectivity index (χ1) is 13.9. The number of amides is 1. The van der Waals surface area contributed by atoms with Crippen LogP contribution in [0.4, 0.5) is 5.69 Å². The molecule has 0 aliphatic heterocycles. The number of nitrogens with zero attached hydrogens (tertiary/aromatic N) is 1. The lowest BCUT2D eigenvalue weighted by atomic mass is 10.0. The van der Waals surface area contributed by atoms with Crippen LogP contribution < -0.4 is 10.1 Å². The van der Waals surface area contributed by atoms with Gasteiger partial charge < -0.3 is 10.1 Å². The van der Waals surface area contributed by atoms with Crippen LogP contribution in [0, 0.1) is 26.7 Å². The van der Waals surface area contributed by atoms with Crippen LogP contribution in [-0.2, 0) is 0 Å². The molecule has 4 heteroatoms. The smallest absolute Gasteiger partial charge is 0.261 e. The number of aromatic nitrogens is 1. The van der Waals surface area contributed by atoms with Gasteiger partial charge in [-0.3, -0.25) is 9.78 Å². The van der Waals surface area contributed by atoms with E-state index >= 15 is 0 Å². The average molecular weight is 389 g/mol. The number of rotatable bonds is 6. The fraction of sp³-hybridized carbons (Fsp3) is 0.280. The second kappa shape index (κ2) is 8.91. The molecule has 0 aliphatic rings. The van der Waals surface area contributed by atoms with Crippen LogP contribution in [0.1, 0.15) is 41.0 Å². The molecule has 0 saturated carbocycles. The predicted molar refractivity (Wildman–Crippen MR) is 119 cm³/mol. The van der Waals surface area contributed by atoms with Crippen molar-refractivity contribution in [2.75, 3.05) is 11.9 Å². The highest BCUT2D eigenvalue weighted by Gasteiger charge is 2.22. The average Bonchev–Trinajstić information content (AvgIpc) is 2.70.